The number of rotatable bonds is 4. The minimum absolute atomic E-state index is 0.364. The van der Waals surface area contributed by atoms with Gasteiger partial charge >= 0.3 is 0 Å². The largest absolute Gasteiger partial charge is 0.382 e. The molecule has 1 aliphatic rings. The van der Waals surface area contributed by atoms with E-state index in [1.54, 1.807) is 18.2 Å². The monoisotopic (exact) mass is 271 g/mol. The lowest BCUT2D eigenvalue weighted by Crippen LogP contribution is -2.28. The number of nitrogens with one attached hydrogen (secondary N) is 2. The Balaban J connectivity index is 2.02. The van der Waals surface area contributed by atoms with Gasteiger partial charge in [-0.3, -0.25) is 4.72 Å². The zero-order chi connectivity index (χ0) is 13.0. The van der Waals surface area contributed by atoms with Crippen molar-refractivity contribution in [2.75, 3.05) is 23.3 Å². The van der Waals surface area contributed by atoms with Gasteiger partial charge in [0.2, 0.25) is 0 Å². The summed E-state index contributed by atoms with van der Waals surface area (Å²) in [6.07, 6.45) is 1.90. The van der Waals surface area contributed by atoms with Crippen LogP contribution in [0, 0.1) is 0 Å². The summed E-state index contributed by atoms with van der Waals surface area (Å²) >= 11 is 0. The third-order valence-electron chi connectivity index (χ3n) is 2.71. The molecule has 1 aliphatic heterocycles. The third kappa shape index (κ3) is 4.17. The fourth-order valence-electron chi connectivity index (χ4n) is 1.91. The lowest BCUT2D eigenvalue weighted by atomic mass is 10.1. The Labute approximate surface area is 107 Å². The predicted molar refractivity (Wildman–Crippen MR) is 70.6 cm³/mol. The second kappa shape index (κ2) is 5.55. The molecule has 1 aromatic carbocycles. The van der Waals surface area contributed by atoms with Gasteiger partial charge in [-0.15, -0.1) is 0 Å². The fourth-order valence-corrected chi connectivity index (χ4v) is 2.37. The summed E-state index contributed by atoms with van der Waals surface area (Å²) in [7, 11) is -3.72. The van der Waals surface area contributed by atoms with Gasteiger partial charge < -0.3 is 10.1 Å². The van der Waals surface area contributed by atoms with Crippen molar-refractivity contribution in [1.82, 2.24) is 0 Å². The van der Waals surface area contributed by atoms with Crippen LogP contribution in [0.3, 0.4) is 0 Å². The first-order valence-electron chi connectivity index (χ1n) is 5.78. The van der Waals surface area contributed by atoms with Crippen molar-refractivity contribution in [3.8, 4) is 0 Å². The van der Waals surface area contributed by atoms with E-state index in [0.717, 1.165) is 31.7 Å². The maximum Gasteiger partial charge on any atom is 0.296 e. The smallest absolute Gasteiger partial charge is 0.296 e. The summed E-state index contributed by atoms with van der Waals surface area (Å²) in [5, 5.41) is 8.28. The molecule has 0 radical (unpaired) electrons. The Morgan fingerprint density at radius 3 is 2.56 bits per heavy atom. The van der Waals surface area contributed by atoms with E-state index in [9.17, 15) is 8.42 Å². The van der Waals surface area contributed by atoms with Crippen LogP contribution in [0.1, 0.15) is 12.8 Å². The highest BCUT2D eigenvalue weighted by atomic mass is 32.2. The number of hydrogen-bond acceptors (Lipinski definition) is 4. The molecule has 100 valence electrons. The van der Waals surface area contributed by atoms with Crippen molar-refractivity contribution in [1.29, 1.82) is 0 Å². The van der Waals surface area contributed by atoms with Crippen LogP contribution in [0.4, 0.5) is 11.4 Å². The van der Waals surface area contributed by atoms with Gasteiger partial charge in [0.1, 0.15) is 0 Å². The molecule has 7 heteroatoms. The van der Waals surface area contributed by atoms with Gasteiger partial charge in [-0.05, 0) is 31.0 Å². The Bertz CT molecular complexity index is 498. The molecule has 1 fully saturated rings. The van der Waals surface area contributed by atoms with E-state index in [1.165, 1.54) is 0 Å². The lowest BCUT2D eigenvalue weighted by molar-refractivity contribution is 0.0904. The molecule has 18 heavy (non-hydrogen) atoms. The first kappa shape index (κ1) is 13.1. The molecule has 1 heterocycles. The molecule has 0 aromatic heterocycles. The van der Waals surface area contributed by atoms with Crippen LogP contribution in [-0.4, -0.2) is 27.7 Å². The van der Waals surface area contributed by atoms with E-state index >= 15 is 0 Å². The molecular formula is C11H17N3O3S. The van der Waals surface area contributed by atoms with Gasteiger partial charge in [-0.25, -0.2) is 5.14 Å². The number of benzene rings is 1. The molecule has 4 N–H and O–H groups in total. The second-order valence-electron chi connectivity index (χ2n) is 4.26. The molecular weight excluding hydrogens is 254 g/mol. The van der Waals surface area contributed by atoms with Crippen LogP contribution in [0.15, 0.2) is 24.3 Å². The molecule has 0 saturated carbocycles. The second-order valence-corrected chi connectivity index (χ2v) is 5.55. The molecule has 2 rings (SSSR count). The van der Waals surface area contributed by atoms with E-state index in [1.807, 2.05) is 6.07 Å². The average molecular weight is 271 g/mol. The van der Waals surface area contributed by atoms with Crippen molar-refractivity contribution in [3.63, 3.8) is 0 Å². The maximum atomic E-state index is 10.9. The Hall–Kier alpha value is -1.31. The molecule has 0 unspecified atom stereocenters. The first-order valence-corrected chi connectivity index (χ1v) is 7.32. The predicted octanol–water partition coefficient (Wildman–Crippen LogP) is 0.893. The normalized spacial score (nSPS) is 17.4. The minimum Gasteiger partial charge on any atom is -0.382 e. The van der Waals surface area contributed by atoms with E-state index in [4.69, 9.17) is 9.88 Å². The Morgan fingerprint density at radius 1 is 1.22 bits per heavy atom. The molecule has 0 aliphatic carbocycles. The maximum absolute atomic E-state index is 10.9. The molecule has 0 atom stereocenters. The van der Waals surface area contributed by atoms with Crippen LogP contribution in [-0.2, 0) is 14.9 Å². The molecule has 1 aromatic rings. The van der Waals surface area contributed by atoms with Gasteiger partial charge in [0, 0.05) is 24.9 Å². The molecule has 0 bridgehead atoms. The topological polar surface area (TPSA) is 93.5 Å². The molecule has 0 spiro atoms. The van der Waals surface area contributed by atoms with Crippen LogP contribution in [0.25, 0.3) is 0 Å². The van der Waals surface area contributed by atoms with Crippen molar-refractivity contribution >= 4 is 21.6 Å². The van der Waals surface area contributed by atoms with Gasteiger partial charge in [-0.2, -0.15) is 8.42 Å². The highest BCUT2D eigenvalue weighted by molar-refractivity contribution is 7.90. The van der Waals surface area contributed by atoms with E-state index in [-0.39, 0.29) is 0 Å². The third-order valence-corrected chi connectivity index (χ3v) is 3.23. The van der Waals surface area contributed by atoms with Gasteiger partial charge in [0.15, 0.2) is 0 Å². The Kier molecular flexibility index (Phi) is 4.05. The summed E-state index contributed by atoms with van der Waals surface area (Å²) in [4.78, 5) is 0. The van der Waals surface area contributed by atoms with Crippen LogP contribution < -0.4 is 15.2 Å². The summed E-state index contributed by atoms with van der Waals surface area (Å²) in [5.41, 5.74) is 1.32. The van der Waals surface area contributed by atoms with E-state index in [2.05, 4.69) is 10.0 Å². The zero-order valence-electron chi connectivity index (χ0n) is 9.93. The summed E-state index contributed by atoms with van der Waals surface area (Å²) in [6, 6.07) is 7.40. The number of hydrogen-bond donors (Lipinski definition) is 3. The summed E-state index contributed by atoms with van der Waals surface area (Å²) < 4.78 is 29.4. The highest BCUT2D eigenvalue weighted by Crippen LogP contribution is 2.19. The minimum atomic E-state index is -3.72. The van der Waals surface area contributed by atoms with Gasteiger partial charge in [0.05, 0.1) is 5.69 Å². The van der Waals surface area contributed by atoms with Crippen molar-refractivity contribution in [2.24, 2.45) is 5.14 Å². The summed E-state index contributed by atoms with van der Waals surface area (Å²) in [6.45, 7) is 1.51. The average Bonchev–Trinajstić information content (AvgIpc) is 2.28. The van der Waals surface area contributed by atoms with E-state index < -0.39 is 10.2 Å². The zero-order valence-corrected chi connectivity index (χ0v) is 10.7. The number of ether oxygens (including phenoxy) is 1. The lowest BCUT2D eigenvalue weighted by Gasteiger charge is -2.24. The number of nitrogens with two attached hydrogens (primary N) is 1. The van der Waals surface area contributed by atoms with Crippen molar-refractivity contribution < 1.29 is 13.2 Å². The SMILES string of the molecule is NS(=O)(=O)Nc1cccc(NC2CCOCC2)c1. The highest BCUT2D eigenvalue weighted by Gasteiger charge is 2.13. The van der Waals surface area contributed by atoms with Crippen LogP contribution in [0.5, 0.6) is 0 Å². The molecule has 1 saturated heterocycles. The Morgan fingerprint density at radius 2 is 1.89 bits per heavy atom. The fraction of sp³-hybridized carbons (Fsp3) is 0.455. The number of anilines is 2. The van der Waals surface area contributed by atoms with Crippen molar-refractivity contribution in [2.45, 2.75) is 18.9 Å². The molecule has 6 nitrogen and oxygen atoms in total. The van der Waals surface area contributed by atoms with Gasteiger partial charge in [0.25, 0.3) is 10.2 Å². The van der Waals surface area contributed by atoms with Gasteiger partial charge in [-0.1, -0.05) is 6.07 Å². The molecule has 0 amide bonds. The van der Waals surface area contributed by atoms with E-state index in [0.29, 0.717) is 11.7 Å². The van der Waals surface area contributed by atoms with Crippen molar-refractivity contribution in [3.05, 3.63) is 24.3 Å². The van der Waals surface area contributed by atoms with Crippen LogP contribution in [0.2, 0.25) is 0 Å². The quantitative estimate of drug-likeness (QED) is 0.758. The standard InChI is InChI=1S/C11H17N3O3S/c12-18(15,16)14-11-3-1-2-10(8-11)13-9-4-6-17-7-5-9/h1-3,8-9,13-14H,4-7H2,(H2,12,15,16). The first-order chi connectivity index (χ1) is 8.53. The van der Waals surface area contributed by atoms with Crippen LogP contribution >= 0.6 is 0 Å². The summed E-state index contributed by atoms with van der Waals surface area (Å²) in [5.74, 6) is 0.